The number of ether oxygens (including phenoxy) is 1. The molecule has 5 heteroatoms. The zero-order valence-corrected chi connectivity index (χ0v) is 14.0. The molecular weight excluding hydrogens is 322 g/mol. The number of fused-ring (bicyclic) bond motifs is 1. The number of aromatic nitrogens is 1. The van der Waals surface area contributed by atoms with Crippen molar-refractivity contribution in [3.63, 3.8) is 0 Å². The topological polar surface area (TPSA) is 59.2 Å². The Hall–Kier alpha value is -2.53. The fourth-order valence-corrected chi connectivity index (χ4v) is 3.14. The van der Waals surface area contributed by atoms with Crippen molar-refractivity contribution in [1.29, 1.82) is 0 Å². The number of ketones is 1. The van der Waals surface area contributed by atoms with Gasteiger partial charge in [0.1, 0.15) is 0 Å². The van der Waals surface area contributed by atoms with E-state index >= 15 is 0 Å². The molecule has 1 heterocycles. The van der Waals surface area contributed by atoms with Gasteiger partial charge in [0.05, 0.1) is 5.75 Å². The number of aromatic amines is 1. The molecule has 24 heavy (non-hydrogen) atoms. The summed E-state index contributed by atoms with van der Waals surface area (Å²) in [5.41, 5.74) is 1.43. The Morgan fingerprint density at radius 2 is 1.79 bits per heavy atom. The highest BCUT2D eigenvalue weighted by Crippen LogP contribution is 2.21. The quantitative estimate of drug-likeness (QED) is 0.418. The summed E-state index contributed by atoms with van der Waals surface area (Å²) in [6.45, 7) is 1.61. The fraction of sp³-hybridized carbons (Fsp3) is 0.158. The Kier molecular flexibility index (Phi) is 5.01. The number of para-hydroxylation sites is 1. The first kappa shape index (κ1) is 16.3. The Morgan fingerprint density at radius 1 is 1.08 bits per heavy atom. The van der Waals surface area contributed by atoms with Crippen molar-refractivity contribution in [2.24, 2.45) is 0 Å². The largest absolute Gasteiger partial charge is 0.454 e. The van der Waals surface area contributed by atoms with Crippen LogP contribution < -0.4 is 0 Å². The highest BCUT2D eigenvalue weighted by molar-refractivity contribution is 8.00. The third-order valence-electron chi connectivity index (χ3n) is 3.63. The molecule has 0 aliphatic rings. The molecule has 0 spiro atoms. The summed E-state index contributed by atoms with van der Waals surface area (Å²) in [6, 6.07) is 17.2. The van der Waals surface area contributed by atoms with E-state index < -0.39 is 12.1 Å². The first-order valence-corrected chi connectivity index (χ1v) is 8.61. The van der Waals surface area contributed by atoms with E-state index in [4.69, 9.17) is 4.74 Å². The minimum atomic E-state index is -0.812. The van der Waals surface area contributed by atoms with Gasteiger partial charge in [-0.25, -0.2) is 0 Å². The molecule has 3 aromatic rings. The summed E-state index contributed by atoms with van der Waals surface area (Å²) in [5.74, 6) is -0.426. The van der Waals surface area contributed by atoms with Gasteiger partial charge in [0.25, 0.3) is 0 Å². The third kappa shape index (κ3) is 3.68. The molecule has 0 saturated carbocycles. The van der Waals surface area contributed by atoms with Gasteiger partial charge in [-0.1, -0.05) is 36.4 Å². The first-order chi connectivity index (χ1) is 11.6. The molecule has 0 aliphatic heterocycles. The van der Waals surface area contributed by atoms with Gasteiger partial charge < -0.3 is 9.72 Å². The normalized spacial score (nSPS) is 12.0. The Bertz CT molecular complexity index is 857. The van der Waals surface area contributed by atoms with Gasteiger partial charge >= 0.3 is 5.97 Å². The molecular formula is C19H17NO3S. The number of esters is 1. The van der Waals surface area contributed by atoms with E-state index in [1.807, 2.05) is 54.6 Å². The van der Waals surface area contributed by atoms with Crippen LogP contribution in [0.1, 0.15) is 17.3 Å². The van der Waals surface area contributed by atoms with Crippen LogP contribution in [0.2, 0.25) is 0 Å². The SMILES string of the molecule is CC(OC(=O)CSc1ccccc1)C(=O)c1c[nH]c2ccccc12. The lowest BCUT2D eigenvalue weighted by Gasteiger charge is -2.11. The smallest absolute Gasteiger partial charge is 0.316 e. The average Bonchev–Trinajstić information content (AvgIpc) is 3.04. The molecule has 0 aliphatic carbocycles. The van der Waals surface area contributed by atoms with Gasteiger partial charge in [-0.3, -0.25) is 9.59 Å². The lowest BCUT2D eigenvalue weighted by atomic mass is 10.1. The Labute approximate surface area is 144 Å². The molecule has 1 aromatic heterocycles. The molecule has 122 valence electrons. The summed E-state index contributed by atoms with van der Waals surface area (Å²) in [5, 5.41) is 0.837. The van der Waals surface area contributed by atoms with Crippen LogP contribution in [-0.4, -0.2) is 28.6 Å². The molecule has 1 atom stereocenters. The number of H-pyrrole nitrogens is 1. The maximum Gasteiger partial charge on any atom is 0.316 e. The van der Waals surface area contributed by atoms with Crippen molar-refractivity contribution in [2.45, 2.75) is 17.9 Å². The maximum absolute atomic E-state index is 12.5. The zero-order chi connectivity index (χ0) is 16.9. The number of nitrogens with one attached hydrogen (secondary N) is 1. The monoisotopic (exact) mass is 339 g/mol. The predicted molar refractivity (Wildman–Crippen MR) is 95.3 cm³/mol. The van der Waals surface area contributed by atoms with Gasteiger partial charge in [0.15, 0.2) is 6.10 Å². The molecule has 0 bridgehead atoms. The van der Waals surface area contributed by atoms with Crippen LogP contribution in [0.3, 0.4) is 0 Å². The van der Waals surface area contributed by atoms with Gasteiger partial charge in [0, 0.05) is 27.6 Å². The van der Waals surface area contributed by atoms with Gasteiger partial charge in [-0.15, -0.1) is 11.8 Å². The van der Waals surface area contributed by atoms with Crippen molar-refractivity contribution >= 4 is 34.4 Å². The summed E-state index contributed by atoms with van der Waals surface area (Å²) < 4.78 is 5.28. The van der Waals surface area contributed by atoms with Crippen LogP contribution in [0.25, 0.3) is 10.9 Å². The number of benzene rings is 2. The molecule has 1 unspecified atom stereocenters. The predicted octanol–water partition coefficient (Wildman–Crippen LogP) is 4.07. The lowest BCUT2D eigenvalue weighted by molar-refractivity contribution is -0.143. The van der Waals surface area contributed by atoms with Gasteiger partial charge in [-0.2, -0.15) is 0 Å². The number of hydrogen-bond donors (Lipinski definition) is 1. The molecule has 0 amide bonds. The summed E-state index contributed by atoms with van der Waals surface area (Å²) in [6.07, 6.45) is 0.851. The summed E-state index contributed by atoms with van der Waals surface area (Å²) in [4.78, 5) is 28.5. The second kappa shape index (κ2) is 7.36. The molecule has 1 N–H and O–H groups in total. The lowest BCUT2D eigenvalue weighted by Crippen LogP contribution is -2.25. The second-order valence-corrected chi connectivity index (χ2v) is 6.39. The number of carbonyl (C=O) groups is 2. The van der Waals surface area contributed by atoms with E-state index in [0.29, 0.717) is 5.56 Å². The Balaban J connectivity index is 1.60. The summed E-state index contributed by atoms with van der Waals surface area (Å²) in [7, 11) is 0. The van der Waals surface area contributed by atoms with E-state index in [0.717, 1.165) is 15.8 Å². The standard InChI is InChI=1S/C19H17NO3S/c1-13(23-18(21)12-24-14-7-3-2-4-8-14)19(22)16-11-20-17-10-6-5-9-15(16)17/h2-11,13,20H,12H2,1H3. The maximum atomic E-state index is 12.5. The first-order valence-electron chi connectivity index (χ1n) is 7.63. The third-order valence-corrected chi connectivity index (χ3v) is 4.62. The highest BCUT2D eigenvalue weighted by atomic mass is 32.2. The van der Waals surface area contributed by atoms with Gasteiger partial charge in [-0.05, 0) is 25.1 Å². The van der Waals surface area contributed by atoms with E-state index in [9.17, 15) is 9.59 Å². The van der Waals surface area contributed by atoms with Crippen LogP contribution in [-0.2, 0) is 9.53 Å². The number of hydrogen-bond acceptors (Lipinski definition) is 4. The van der Waals surface area contributed by atoms with Crippen molar-refractivity contribution in [3.05, 3.63) is 66.4 Å². The fourth-order valence-electron chi connectivity index (χ4n) is 2.44. The van der Waals surface area contributed by atoms with E-state index in [1.54, 1.807) is 13.1 Å². The van der Waals surface area contributed by atoms with Crippen LogP contribution in [0.4, 0.5) is 0 Å². The number of thioether (sulfide) groups is 1. The molecule has 0 radical (unpaired) electrons. The van der Waals surface area contributed by atoms with Crippen molar-refractivity contribution in [2.75, 3.05) is 5.75 Å². The second-order valence-electron chi connectivity index (χ2n) is 5.35. The van der Waals surface area contributed by atoms with Gasteiger partial charge in [0.2, 0.25) is 5.78 Å². The van der Waals surface area contributed by atoms with E-state index in [-0.39, 0.29) is 11.5 Å². The molecule has 4 nitrogen and oxygen atoms in total. The molecule has 2 aromatic carbocycles. The van der Waals surface area contributed by atoms with Crippen LogP contribution in [0.15, 0.2) is 65.7 Å². The van der Waals surface area contributed by atoms with Crippen LogP contribution in [0.5, 0.6) is 0 Å². The van der Waals surface area contributed by atoms with Crippen molar-refractivity contribution < 1.29 is 14.3 Å². The van der Waals surface area contributed by atoms with Crippen LogP contribution in [0, 0.1) is 0 Å². The molecule has 3 rings (SSSR count). The van der Waals surface area contributed by atoms with E-state index in [1.165, 1.54) is 11.8 Å². The number of Topliss-reactive ketones (excluding diaryl/α,β-unsaturated/α-hetero) is 1. The minimum absolute atomic E-state index is 0.176. The highest BCUT2D eigenvalue weighted by Gasteiger charge is 2.22. The van der Waals surface area contributed by atoms with E-state index in [2.05, 4.69) is 4.98 Å². The van der Waals surface area contributed by atoms with Crippen molar-refractivity contribution in [3.8, 4) is 0 Å². The zero-order valence-electron chi connectivity index (χ0n) is 13.2. The number of rotatable bonds is 6. The number of carbonyl (C=O) groups excluding carboxylic acids is 2. The Morgan fingerprint density at radius 3 is 2.58 bits per heavy atom. The molecule has 0 fully saturated rings. The van der Waals surface area contributed by atoms with Crippen LogP contribution >= 0.6 is 11.8 Å². The minimum Gasteiger partial charge on any atom is -0.454 e. The summed E-state index contributed by atoms with van der Waals surface area (Å²) >= 11 is 1.39. The van der Waals surface area contributed by atoms with Crippen molar-refractivity contribution in [1.82, 2.24) is 4.98 Å². The average molecular weight is 339 g/mol. The molecule has 0 saturated heterocycles.